The highest BCUT2D eigenvalue weighted by Gasteiger charge is 2.31. The molecule has 0 unspecified atom stereocenters. The van der Waals surface area contributed by atoms with Gasteiger partial charge in [-0.25, -0.2) is 4.98 Å². The molecule has 0 bridgehead atoms. The van der Waals surface area contributed by atoms with Crippen molar-refractivity contribution in [3.05, 3.63) is 41.4 Å². The lowest BCUT2D eigenvalue weighted by Crippen LogP contribution is -2.41. The van der Waals surface area contributed by atoms with Crippen molar-refractivity contribution in [2.75, 3.05) is 20.3 Å². The number of carbonyl (C=O) groups is 1. The van der Waals surface area contributed by atoms with E-state index in [1.54, 1.807) is 19.4 Å². The van der Waals surface area contributed by atoms with E-state index in [9.17, 15) is 4.79 Å². The minimum absolute atomic E-state index is 0.00596. The molecule has 0 fully saturated rings. The highest BCUT2D eigenvalue weighted by Crippen LogP contribution is 2.27. The molecule has 0 N–H and O–H groups in total. The van der Waals surface area contributed by atoms with Crippen molar-refractivity contribution in [3.63, 3.8) is 0 Å². The lowest BCUT2D eigenvalue weighted by atomic mass is 10.1. The second kappa shape index (κ2) is 5.96. The summed E-state index contributed by atoms with van der Waals surface area (Å²) >= 11 is 0. The van der Waals surface area contributed by atoms with E-state index in [0.717, 1.165) is 24.5 Å². The van der Waals surface area contributed by atoms with Crippen LogP contribution in [-0.4, -0.2) is 40.6 Å². The summed E-state index contributed by atoms with van der Waals surface area (Å²) in [6, 6.07) is 1.68. The smallest absolute Gasteiger partial charge is 0.258 e. The van der Waals surface area contributed by atoms with E-state index in [1.807, 2.05) is 24.9 Å². The van der Waals surface area contributed by atoms with Crippen molar-refractivity contribution < 1.29 is 13.9 Å². The molecule has 0 aliphatic carbocycles. The molecule has 22 heavy (non-hydrogen) atoms. The molecule has 3 rings (SSSR count). The fourth-order valence-electron chi connectivity index (χ4n) is 3.00. The Kier molecular flexibility index (Phi) is 4.02. The topological polar surface area (TPSA) is 60.5 Å². The maximum atomic E-state index is 12.7. The van der Waals surface area contributed by atoms with Gasteiger partial charge >= 0.3 is 0 Å². The Balaban J connectivity index is 1.83. The number of methoxy groups -OCH3 is 1. The zero-order valence-electron chi connectivity index (χ0n) is 13.2. The molecule has 0 saturated heterocycles. The summed E-state index contributed by atoms with van der Waals surface area (Å²) < 4.78 is 12.6. The molecule has 0 aromatic carbocycles. The summed E-state index contributed by atoms with van der Waals surface area (Å²) in [5.74, 6) is 1.60. The van der Waals surface area contributed by atoms with Crippen LogP contribution in [0.15, 0.2) is 22.9 Å². The number of rotatable bonds is 4. The number of amides is 1. The molecule has 2 aromatic heterocycles. The minimum Gasteiger partial charge on any atom is -0.469 e. The molecular formula is C16H21N3O3. The van der Waals surface area contributed by atoms with Gasteiger partial charge in [-0.15, -0.1) is 0 Å². The van der Waals surface area contributed by atoms with Crippen LogP contribution in [0.25, 0.3) is 0 Å². The van der Waals surface area contributed by atoms with Gasteiger partial charge in [0.2, 0.25) is 0 Å². The number of fused-ring (bicyclic) bond motifs is 1. The van der Waals surface area contributed by atoms with Gasteiger partial charge in [-0.3, -0.25) is 4.79 Å². The summed E-state index contributed by atoms with van der Waals surface area (Å²) in [7, 11) is 1.70. The average molecular weight is 303 g/mol. The maximum Gasteiger partial charge on any atom is 0.258 e. The Bertz CT molecular complexity index is 674. The van der Waals surface area contributed by atoms with E-state index in [4.69, 9.17) is 9.15 Å². The first kappa shape index (κ1) is 14.8. The molecule has 0 saturated carbocycles. The van der Waals surface area contributed by atoms with Crippen molar-refractivity contribution in [1.29, 1.82) is 0 Å². The first-order valence-corrected chi connectivity index (χ1v) is 7.51. The Morgan fingerprint density at radius 2 is 2.32 bits per heavy atom. The van der Waals surface area contributed by atoms with Crippen LogP contribution < -0.4 is 0 Å². The number of imidazole rings is 1. The van der Waals surface area contributed by atoms with Gasteiger partial charge in [-0.05, 0) is 19.9 Å². The fraction of sp³-hybridized carbons (Fsp3) is 0.500. The molecule has 1 aliphatic heterocycles. The quantitative estimate of drug-likeness (QED) is 0.868. The molecule has 1 amide bonds. The van der Waals surface area contributed by atoms with Gasteiger partial charge in [-0.2, -0.15) is 0 Å². The molecule has 6 heteroatoms. The van der Waals surface area contributed by atoms with Gasteiger partial charge in [0.1, 0.15) is 11.6 Å². The van der Waals surface area contributed by atoms with Crippen molar-refractivity contribution in [3.8, 4) is 0 Å². The monoisotopic (exact) mass is 303 g/mol. The number of carbonyl (C=O) groups excluding carboxylic acids is 1. The first-order valence-electron chi connectivity index (χ1n) is 7.51. The van der Waals surface area contributed by atoms with E-state index in [1.165, 1.54) is 0 Å². The van der Waals surface area contributed by atoms with E-state index < -0.39 is 0 Å². The third kappa shape index (κ3) is 2.43. The molecule has 118 valence electrons. The molecule has 3 heterocycles. The standard InChI is InChI=1S/C16H21N3O3/c1-11-15-17-10-13(4-8-21-3)19(15)7-6-18(11)16(20)14-5-9-22-12(14)2/h5,9-11H,4,6-8H2,1-3H3/t11-/m1/s1. The molecular weight excluding hydrogens is 282 g/mol. The minimum atomic E-state index is -0.0492. The average Bonchev–Trinajstić information content (AvgIpc) is 3.11. The van der Waals surface area contributed by atoms with E-state index >= 15 is 0 Å². The fourth-order valence-corrected chi connectivity index (χ4v) is 3.00. The van der Waals surface area contributed by atoms with Crippen LogP contribution in [0.3, 0.4) is 0 Å². The summed E-state index contributed by atoms with van der Waals surface area (Å²) in [6.45, 7) is 5.95. The van der Waals surface area contributed by atoms with Crippen LogP contribution in [-0.2, 0) is 17.7 Å². The van der Waals surface area contributed by atoms with Crippen LogP contribution in [0, 0.1) is 6.92 Å². The van der Waals surface area contributed by atoms with Crippen molar-refractivity contribution in [2.24, 2.45) is 0 Å². The normalized spacial score (nSPS) is 17.6. The van der Waals surface area contributed by atoms with Crippen LogP contribution in [0.1, 0.15) is 40.6 Å². The van der Waals surface area contributed by atoms with Gasteiger partial charge in [0.25, 0.3) is 5.91 Å². The molecule has 1 atom stereocenters. The van der Waals surface area contributed by atoms with Crippen molar-refractivity contribution in [1.82, 2.24) is 14.5 Å². The Morgan fingerprint density at radius 3 is 3.00 bits per heavy atom. The van der Waals surface area contributed by atoms with E-state index in [-0.39, 0.29) is 11.9 Å². The van der Waals surface area contributed by atoms with E-state index in [2.05, 4.69) is 9.55 Å². The summed E-state index contributed by atoms with van der Waals surface area (Å²) in [5, 5.41) is 0. The highest BCUT2D eigenvalue weighted by atomic mass is 16.5. The molecule has 0 spiro atoms. The predicted octanol–water partition coefficient (Wildman–Crippen LogP) is 2.19. The summed E-state index contributed by atoms with van der Waals surface area (Å²) in [5.41, 5.74) is 1.79. The van der Waals surface area contributed by atoms with Crippen molar-refractivity contribution >= 4 is 5.91 Å². The molecule has 6 nitrogen and oxygen atoms in total. The zero-order valence-corrected chi connectivity index (χ0v) is 13.2. The number of hydrogen-bond donors (Lipinski definition) is 0. The SMILES string of the molecule is COCCc1cnc2n1CCN(C(=O)c1ccoc1C)[C@@H]2C. The number of aromatic nitrogens is 2. The largest absolute Gasteiger partial charge is 0.469 e. The number of furan rings is 1. The van der Waals surface area contributed by atoms with Gasteiger partial charge in [0, 0.05) is 38.5 Å². The summed E-state index contributed by atoms with van der Waals surface area (Å²) in [4.78, 5) is 19.1. The lowest BCUT2D eigenvalue weighted by Gasteiger charge is -2.34. The van der Waals surface area contributed by atoms with Crippen LogP contribution in [0.2, 0.25) is 0 Å². The molecule has 0 radical (unpaired) electrons. The van der Waals surface area contributed by atoms with Gasteiger partial charge in [-0.1, -0.05) is 0 Å². The van der Waals surface area contributed by atoms with Gasteiger partial charge in [0.15, 0.2) is 0 Å². The van der Waals surface area contributed by atoms with Gasteiger partial charge in [0.05, 0.1) is 24.5 Å². The number of nitrogens with zero attached hydrogens (tertiary/aromatic N) is 3. The number of ether oxygens (including phenoxy) is 1. The number of aryl methyl sites for hydroxylation is 1. The van der Waals surface area contributed by atoms with Crippen LogP contribution >= 0.6 is 0 Å². The Morgan fingerprint density at radius 1 is 1.50 bits per heavy atom. The van der Waals surface area contributed by atoms with Crippen LogP contribution in [0.5, 0.6) is 0 Å². The Hall–Kier alpha value is -2.08. The molecule has 2 aromatic rings. The third-order valence-corrected chi connectivity index (χ3v) is 4.29. The third-order valence-electron chi connectivity index (χ3n) is 4.29. The predicted molar refractivity (Wildman–Crippen MR) is 80.7 cm³/mol. The zero-order chi connectivity index (χ0) is 15.7. The van der Waals surface area contributed by atoms with Crippen molar-refractivity contribution in [2.45, 2.75) is 32.9 Å². The first-order chi connectivity index (χ1) is 10.6. The second-order valence-electron chi connectivity index (χ2n) is 5.57. The van der Waals surface area contributed by atoms with E-state index in [0.29, 0.717) is 24.5 Å². The number of hydrogen-bond acceptors (Lipinski definition) is 4. The molecule has 1 aliphatic rings. The second-order valence-corrected chi connectivity index (χ2v) is 5.57. The summed E-state index contributed by atoms with van der Waals surface area (Å²) in [6.07, 6.45) is 4.29. The highest BCUT2D eigenvalue weighted by molar-refractivity contribution is 5.95. The lowest BCUT2D eigenvalue weighted by molar-refractivity contribution is 0.0634. The van der Waals surface area contributed by atoms with Gasteiger partial charge < -0.3 is 18.6 Å². The van der Waals surface area contributed by atoms with Crippen LogP contribution in [0.4, 0.5) is 0 Å². The Labute approximate surface area is 129 Å². The maximum absolute atomic E-state index is 12.7.